The van der Waals surface area contributed by atoms with Crippen LogP contribution in [0.2, 0.25) is 0 Å². The van der Waals surface area contributed by atoms with E-state index in [1.165, 1.54) is 0 Å². The minimum atomic E-state index is -0.114. The molecule has 0 atom stereocenters. The fourth-order valence-electron chi connectivity index (χ4n) is 0.0546. The molecule has 7 heavy (non-hydrogen) atoms. The third-order valence-electron chi connectivity index (χ3n) is 0.377. The van der Waals surface area contributed by atoms with Gasteiger partial charge in [0.15, 0.2) is 5.78 Å². The Bertz CT molecular complexity index is 52.9. The molecule has 0 rings (SSSR count). The van der Waals surface area contributed by atoms with Crippen molar-refractivity contribution in [2.45, 2.75) is 0 Å². The summed E-state index contributed by atoms with van der Waals surface area (Å²) < 4.78 is 0. The molecular formula is C3H7BrClNO. The van der Waals surface area contributed by atoms with Crippen LogP contribution in [0.5, 0.6) is 0 Å². The Morgan fingerprint density at radius 2 is 2.14 bits per heavy atom. The quantitative estimate of drug-likeness (QED) is 0.635. The molecule has 0 unspecified atom stereocenters. The first kappa shape index (κ1) is 10.4. The molecule has 0 fully saturated rings. The minimum absolute atomic E-state index is 0. The van der Waals surface area contributed by atoms with Gasteiger partial charge >= 0.3 is 0 Å². The van der Waals surface area contributed by atoms with Gasteiger partial charge in [-0.3, -0.25) is 4.79 Å². The van der Waals surface area contributed by atoms with E-state index >= 15 is 0 Å². The second-order valence-electron chi connectivity index (χ2n) is 0.876. The Kier molecular flexibility index (Phi) is 9.50. The maximum Gasteiger partial charge on any atom is 0.161 e. The molecule has 0 amide bonds. The minimum Gasteiger partial charge on any atom is -0.324 e. The second-order valence-corrected chi connectivity index (χ2v) is 1.14. The highest BCUT2D eigenvalue weighted by Gasteiger charge is 1.89. The monoisotopic (exact) mass is 187 g/mol. The van der Waals surface area contributed by atoms with Crippen LogP contribution in [0, 0.1) is 0 Å². The van der Waals surface area contributed by atoms with Gasteiger partial charge in [0.05, 0.1) is 12.4 Å². The summed E-state index contributed by atoms with van der Waals surface area (Å²) in [5.74, 6) is -0.0760. The molecule has 0 radical (unpaired) electrons. The van der Waals surface area contributed by atoms with Gasteiger partial charge in [-0.05, 0) is 0 Å². The number of halogens is 2. The molecule has 2 N–H and O–H groups in total. The fraction of sp³-hybridized carbons (Fsp3) is 0.667. The van der Waals surface area contributed by atoms with Gasteiger partial charge in [-0.15, -0.1) is 28.6 Å². The van der Waals surface area contributed by atoms with Crippen molar-refractivity contribution in [1.29, 1.82) is 0 Å². The fourth-order valence-corrected chi connectivity index (χ4v) is 0.164. The predicted molar refractivity (Wildman–Crippen MR) is 35.1 cm³/mol. The zero-order chi connectivity index (χ0) is 4.99. The second kappa shape index (κ2) is 6.40. The zero-order valence-corrected chi connectivity index (χ0v) is 6.16. The van der Waals surface area contributed by atoms with Crippen molar-refractivity contribution in [3.8, 4) is 0 Å². The van der Waals surface area contributed by atoms with E-state index in [0.717, 1.165) is 0 Å². The van der Waals surface area contributed by atoms with E-state index in [0.29, 0.717) is 0 Å². The molecule has 4 heteroatoms. The molecule has 0 aliphatic heterocycles. The Morgan fingerprint density at radius 3 is 2.14 bits per heavy atom. The van der Waals surface area contributed by atoms with E-state index in [2.05, 4.69) is 0 Å². The molecule has 2 nitrogen and oxygen atoms in total. The van der Waals surface area contributed by atoms with Gasteiger partial charge in [0, 0.05) is 0 Å². The van der Waals surface area contributed by atoms with Gasteiger partial charge in [-0.25, -0.2) is 0 Å². The average molecular weight is 188 g/mol. The zero-order valence-electron chi connectivity index (χ0n) is 3.69. The van der Waals surface area contributed by atoms with Crippen LogP contribution in [0.15, 0.2) is 0 Å². The predicted octanol–water partition coefficient (Wildman–Crippen LogP) is 0.331. The molecule has 44 valence electrons. The maximum absolute atomic E-state index is 9.92. The lowest BCUT2D eigenvalue weighted by Gasteiger charge is -1.80. The van der Waals surface area contributed by atoms with Gasteiger partial charge in [0.2, 0.25) is 0 Å². The van der Waals surface area contributed by atoms with Crippen molar-refractivity contribution in [2.75, 3.05) is 12.4 Å². The molecule has 0 saturated heterocycles. The van der Waals surface area contributed by atoms with E-state index in [4.69, 9.17) is 17.3 Å². The van der Waals surface area contributed by atoms with Crippen LogP contribution in [0.25, 0.3) is 0 Å². The summed E-state index contributed by atoms with van der Waals surface area (Å²) in [6.07, 6.45) is 0. The lowest BCUT2D eigenvalue weighted by Crippen LogP contribution is -2.13. The summed E-state index contributed by atoms with van der Waals surface area (Å²) in [4.78, 5) is 9.92. The highest BCUT2D eigenvalue weighted by Crippen LogP contribution is 1.71. The Morgan fingerprint density at radius 1 is 1.71 bits per heavy atom. The number of rotatable bonds is 2. The number of Topliss-reactive ketones (excluding diaryl/α,β-unsaturated/α-hetero) is 1. The molecule has 0 aliphatic rings. The molecule has 0 aliphatic carbocycles. The third-order valence-corrected chi connectivity index (χ3v) is 0.675. The number of carbonyl (C=O) groups excluding carboxylic acids is 1. The van der Waals surface area contributed by atoms with E-state index < -0.39 is 0 Å². The molecule has 0 heterocycles. The third kappa shape index (κ3) is 6.40. The molecule has 0 aromatic rings. The van der Waals surface area contributed by atoms with E-state index in [9.17, 15) is 4.79 Å². The Hall–Kier alpha value is 0.400. The normalized spacial score (nSPS) is 7.14. The van der Waals surface area contributed by atoms with Gasteiger partial charge in [-0.1, -0.05) is 0 Å². The number of carbonyl (C=O) groups is 1. The highest BCUT2D eigenvalue weighted by atomic mass is 79.9. The van der Waals surface area contributed by atoms with Crippen molar-refractivity contribution in [2.24, 2.45) is 5.73 Å². The average Bonchev–Trinajstić information content (AvgIpc) is 1.65. The van der Waals surface area contributed by atoms with Crippen LogP contribution >= 0.6 is 28.6 Å². The van der Waals surface area contributed by atoms with E-state index in [-0.39, 0.29) is 35.2 Å². The first-order valence-electron chi connectivity index (χ1n) is 1.59. The van der Waals surface area contributed by atoms with E-state index in [1.807, 2.05) is 0 Å². The number of nitrogens with two attached hydrogens (primary N) is 1. The van der Waals surface area contributed by atoms with Crippen LogP contribution in [0.4, 0.5) is 0 Å². The molecule has 0 bridgehead atoms. The van der Waals surface area contributed by atoms with E-state index in [1.54, 1.807) is 0 Å². The largest absolute Gasteiger partial charge is 0.324 e. The van der Waals surface area contributed by atoms with Crippen LogP contribution in [0.1, 0.15) is 0 Å². The van der Waals surface area contributed by atoms with Gasteiger partial charge in [0.25, 0.3) is 0 Å². The lowest BCUT2D eigenvalue weighted by atomic mass is 10.5. The summed E-state index contributed by atoms with van der Waals surface area (Å²) in [7, 11) is 0. The van der Waals surface area contributed by atoms with Gasteiger partial charge in [-0.2, -0.15) is 0 Å². The topological polar surface area (TPSA) is 43.1 Å². The molecule has 0 spiro atoms. The SMILES string of the molecule is Br.NCC(=O)CCl. The summed E-state index contributed by atoms with van der Waals surface area (Å²) in [5, 5.41) is 0. The van der Waals surface area contributed by atoms with Crippen LogP contribution in [-0.2, 0) is 4.79 Å². The maximum atomic E-state index is 9.92. The van der Waals surface area contributed by atoms with Crippen molar-refractivity contribution < 1.29 is 4.79 Å². The standard InChI is InChI=1S/C3H6ClNO.BrH/c4-1-3(6)2-5;/h1-2,5H2;1H. The summed E-state index contributed by atoms with van der Waals surface area (Å²) in [6, 6.07) is 0. The number of alkyl halides is 1. The lowest BCUT2D eigenvalue weighted by molar-refractivity contribution is -0.115. The van der Waals surface area contributed by atoms with Crippen LogP contribution in [0.3, 0.4) is 0 Å². The summed E-state index contributed by atoms with van der Waals surface area (Å²) >= 11 is 5.02. The molecular weight excluding hydrogens is 181 g/mol. The van der Waals surface area contributed by atoms with Crippen LogP contribution in [-0.4, -0.2) is 18.2 Å². The highest BCUT2D eigenvalue weighted by molar-refractivity contribution is 8.93. The number of ketones is 1. The number of hydrogen-bond acceptors (Lipinski definition) is 2. The first-order valence-corrected chi connectivity index (χ1v) is 2.12. The smallest absolute Gasteiger partial charge is 0.161 e. The number of hydrogen-bond donors (Lipinski definition) is 1. The summed E-state index contributed by atoms with van der Waals surface area (Å²) in [5.41, 5.74) is 4.85. The Labute approximate surface area is 57.8 Å². The molecule has 0 aromatic heterocycles. The molecule has 0 aromatic carbocycles. The van der Waals surface area contributed by atoms with Crippen LogP contribution < -0.4 is 5.73 Å². The van der Waals surface area contributed by atoms with Gasteiger partial charge < -0.3 is 5.73 Å². The molecule has 0 saturated carbocycles. The van der Waals surface area contributed by atoms with Crippen molar-refractivity contribution in [1.82, 2.24) is 0 Å². The van der Waals surface area contributed by atoms with Crippen molar-refractivity contribution in [3.63, 3.8) is 0 Å². The first-order chi connectivity index (χ1) is 2.81. The Balaban J connectivity index is 0. The van der Waals surface area contributed by atoms with Crippen molar-refractivity contribution in [3.05, 3.63) is 0 Å². The summed E-state index contributed by atoms with van der Waals surface area (Å²) in [6.45, 7) is 0.0590. The van der Waals surface area contributed by atoms with Crippen molar-refractivity contribution >= 4 is 34.4 Å². The van der Waals surface area contributed by atoms with Gasteiger partial charge in [0.1, 0.15) is 0 Å².